The highest BCUT2D eigenvalue weighted by Gasteiger charge is 2.59. The molecule has 0 radical (unpaired) electrons. The number of fused-ring (bicyclic) bond motifs is 2. The first kappa shape index (κ1) is 24.8. The summed E-state index contributed by atoms with van der Waals surface area (Å²) in [6, 6.07) is 5.17. The molecule has 3 aliphatic heterocycles. The Kier molecular flexibility index (Phi) is 6.87. The first-order valence-electron chi connectivity index (χ1n) is 10.1. The number of amides is 3. The van der Waals surface area contributed by atoms with Crippen molar-refractivity contribution < 1.29 is 33.4 Å². The van der Waals surface area contributed by atoms with Gasteiger partial charge in [0.2, 0.25) is 3.79 Å². The second kappa shape index (κ2) is 9.41. The zero-order chi connectivity index (χ0) is 24.8. The van der Waals surface area contributed by atoms with E-state index >= 15 is 0 Å². The van der Waals surface area contributed by atoms with Crippen LogP contribution in [0.15, 0.2) is 36.0 Å². The molecule has 3 heterocycles. The van der Waals surface area contributed by atoms with E-state index < -0.39 is 56.7 Å². The number of thioether (sulfide) groups is 1. The molecular weight excluding hydrogens is 531 g/mol. The maximum absolute atomic E-state index is 12.9. The highest BCUT2D eigenvalue weighted by molar-refractivity contribution is 8.01. The van der Waals surface area contributed by atoms with Crippen LogP contribution in [0.5, 0.6) is 0 Å². The van der Waals surface area contributed by atoms with Crippen LogP contribution >= 0.6 is 46.6 Å². The van der Waals surface area contributed by atoms with Crippen LogP contribution < -0.4 is 0 Å². The molecule has 0 bridgehead atoms. The molecule has 0 spiro atoms. The number of alkyl halides is 3. The first-order valence-corrected chi connectivity index (χ1v) is 12.1. The van der Waals surface area contributed by atoms with Gasteiger partial charge in [-0.15, -0.1) is 11.8 Å². The largest absolute Gasteiger partial charge is 0.461 e. The Morgan fingerprint density at radius 3 is 2.24 bits per heavy atom. The van der Waals surface area contributed by atoms with Gasteiger partial charge in [-0.1, -0.05) is 53.9 Å². The zero-order valence-electron chi connectivity index (χ0n) is 17.5. The molecule has 1 aromatic rings. The van der Waals surface area contributed by atoms with Gasteiger partial charge in [-0.25, -0.2) is 0 Å². The molecule has 0 aromatic heterocycles. The topological polar surface area (TPSA) is 110 Å². The molecule has 0 aliphatic carbocycles. The molecule has 34 heavy (non-hydrogen) atoms. The fraction of sp³-hybridized carbons (Fsp3) is 0.381. The number of carbonyl (C=O) groups excluding carboxylic acids is 5. The van der Waals surface area contributed by atoms with Crippen LogP contribution in [0.1, 0.15) is 34.1 Å². The van der Waals surface area contributed by atoms with Crippen molar-refractivity contribution in [2.45, 2.75) is 33.8 Å². The van der Waals surface area contributed by atoms with Crippen LogP contribution in [0.4, 0.5) is 0 Å². The molecule has 3 amide bonds. The summed E-state index contributed by atoms with van der Waals surface area (Å²) < 4.78 is 8.41. The van der Waals surface area contributed by atoms with Crippen molar-refractivity contribution in [3.8, 4) is 0 Å². The van der Waals surface area contributed by atoms with Gasteiger partial charge < -0.3 is 14.4 Å². The lowest BCUT2D eigenvalue weighted by atomic mass is 10.0. The van der Waals surface area contributed by atoms with E-state index in [1.165, 1.54) is 23.2 Å². The number of hydrogen-bond acceptors (Lipinski definition) is 8. The predicted octanol–water partition coefficient (Wildman–Crippen LogP) is 2.69. The molecule has 0 saturated carbocycles. The van der Waals surface area contributed by atoms with Crippen molar-refractivity contribution in [1.82, 2.24) is 9.80 Å². The van der Waals surface area contributed by atoms with Gasteiger partial charge in [-0.2, -0.15) is 0 Å². The van der Waals surface area contributed by atoms with Crippen LogP contribution in [-0.4, -0.2) is 73.1 Å². The summed E-state index contributed by atoms with van der Waals surface area (Å²) in [6.45, 7) is 0.826. The van der Waals surface area contributed by atoms with Crippen LogP contribution in [-0.2, 0) is 23.9 Å². The Hall–Kier alpha value is -2.27. The quantitative estimate of drug-likeness (QED) is 0.231. The van der Waals surface area contributed by atoms with Crippen molar-refractivity contribution in [1.29, 1.82) is 0 Å². The summed E-state index contributed by atoms with van der Waals surface area (Å²) in [5, 5.41) is -1.77. The number of carbonyl (C=O) groups is 5. The molecule has 3 aliphatic rings. The average molecular weight is 548 g/mol. The molecular formula is C21H17Cl3N2O7S. The fourth-order valence-corrected chi connectivity index (χ4v) is 5.34. The van der Waals surface area contributed by atoms with E-state index in [0.717, 1.165) is 16.7 Å². The normalized spacial score (nSPS) is 23.7. The van der Waals surface area contributed by atoms with E-state index in [0.29, 0.717) is 0 Å². The number of ether oxygens (including phenoxy) is 2. The number of β-lactam (4-membered cyclic amide) rings is 1. The Morgan fingerprint density at radius 2 is 1.68 bits per heavy atom. The van der Waals surface area contributed by atoms with Gasteiger partial charge in [-0.3, -0.25) is 28.9 Å². The van der Waals surface area contributed by atoms with Crippen molar-refractivity contribution in [2.75, 3.05) is 13.2 Å². The number of hydrogen-bond donors (Lipinski definition) is 0. The number of imide groups is 1. The molecule has 180 valence electrons. The summed E-state index contributed by atoms with van der Waals surface area (Å²) in [5.74, 6) is -2.95. The third-order valence-electron chi connectivity index (χ3n) is 5.35. The number of esters is 2. The van der Waals surface area contributed by atoms with Gasteiger partial charge >= 0.3 is 11.9 Å². The molecule has 1 aromatic carbocycles. The van der Waals surface area contributed by atoms with Gasteiger partial charge in [0.15, 0.2) is 0 Å². The highest BCUT2D eigenvalue weighted by Crippen LogP contribution is 2.45. The van der Waals surface area contributed by atoms with E-state index in [1.807, 2.05) is 0 Å². The molecule has 1 saturated heterocycles. The second-order valence-corrected chi connectivity index (χ2v) is 11.3. The van der Waals surface area contributed by atoms with Gasteiger partial charge in [0.25, 0.3) is 17.7 Å². The predicted molar refractivity (Wildman–Crippen MR) is 123 cm³/mol. The summed E-state index contributed by atoms with van der Waals surface area (Å²) in [7, 11) is 0. The standard InChI is InChI=1S/C21H17Cl3N2O7S/c1-2-13(27)32-8-10-7-25-18(30)14(19(25)34-15(10)20(31)33-9-21(22,23)24)26-16(28)11-5-3-4-6-12(11)17(26)29/h3-7,14-15,19H,2,8-9H2,1H3/t14?,15?,19-/m1/s1. The number of benzene rings is 1. The lowest BCUT2D eigenvalue weighted by molar-refractivity contribution is -0.147. The van der Waals surface area contributed by atoms with Crippen LogP contribution in [0.25, 0.3) is 0 Å². The van der Waals surface area contributed by atoms with Crippen molar-refractivity contribution >= 4 is 76.2 Å². The Bertz CT molecular complexity index is 1080. The Labute approximate surface area is 213 Å². The van der Waals surface area contributed by atoms with Gasteiger partial charge in [0.1, 0.15) is 29.9 Å². The van der Waals surface area contributed by atoms with Crippen molar-refractivity contribution in [2.24, 2.45) is 0 Å². The molecule has 4 rings (SSSR count). The second-order valence-electron chi connectivity index (χ2n) is 7.56. The average Bonchev–Trinajstić information content (AvgIpc) is 3.05. The fourth-order valence-electron chi connectivity index (χ4n) is 3.73. The van der Waals surface area contributed by atoms with Crippen LogP contribution in [0, 0.1) is 0 Å². The molecule has 3 atom stereocenters. The number of halogens is 3. The first-order chi connectivity index (χ1) is 16.0. The lowest BCUT2D eigenvalue weighted by Gasteiger charge is -2.50. The summed E-state index contributed by atoms with van der Waals surface area (Å²) in [6.07, 6.45) is 1.50. The molecule has 0 N–H and O–H groups in total. The van der Waals surface area contributed by atoms with Gasteiger partial charge in [0.05, 0.1) is 11.1 Å². The maximum Gasteiger partial charge on any atom is 0.323 e. The monoisotopic (exact) mass is 546 g/mol. The zero-order valence-corrected chi connectivity index (χ0v) is 20.6. The number of rotatable bonds is 6. The molecule has 2 unspecified atom stereocenters. The smallest absolute Gasteiger partial charge is 0.323 e. The van der Waals surface area contributed by atoms with E-state index in [-0.39, 0.29) is 29.7 Å². The third-order valence-corrected chi connectivity index (χ3v) is 7.21. The van der Waals surface area contributed by atoms with Gasteiger partial charge in [-0.05, 0) is 12.1 Å². The van der Waals surface area contributed by atoms with Crippen molar-refractivity contribution in [3.63, 3.8) is 0 Å². The van der Waals surface area contributed by atoms with E-state index in [9.17, 15) is 24.0 Å². The van der Waals surface area contributed by atoms with E-state index in [1.54, 1.807) is 19.1 Å². The molecule has 13 heteroatoms. The minimum absolute atomic E-state index is 0.121. The minimum atomic E-state index is -1.84. The Morgan fingerprint density at radius 1 is 1.06 bits per heavy atom. The number of nitrogens with zero attached hydrogens (tertiary/aromatic N) is 2. The highest BCUT2D eigenvalue weighted by atomic mass is 35.6. The molecule has 1 fully saturated rings. The van der Waals surface area contributed by atoms with E-state index in [2.05, 4.69) is 0 Å². The van der Waals surface area contributed by atoms with Crippen LogP contribution in [0.2, 0.25) is 0 Å². The van der Waals surface area contributed by atoms with Crippen LogP contribution in [0.3, 0.4) is 0 Å². The SMILES string of the molecule is CCC(=O)OCC1=CN2C(=O)C(N3C(=O)c4ccccc4C3=O)[C@H]2SC1C(=O)OCC(Cl)(Cl)Cl. The van der Waals surface area contributed by atoms with Crippen molar-refractivity contribution in [3.05, 3.63) is 47.2 Å². The lowest BCUT2D eigenvalue weighted by Crippen LogP contribution is -2.70. The van der Waals surface area contributed by atoms with Gasteiger partial charge in [0, 0.05) is 18.2 Å². The summed E-state index contributed by atoms with van der Waals surface area (Å²) in [5.41, 5.74) is 0.702. The maximum atomic E-state index is 12.9. The third kappa shape index (κ3) is 4.51. The Balaban J connectivity index is 1.59. The minimum Gasteiger partial charge on any atom is -0.461 e. The van der Waals surface area contributed by atoms with E-state index in [4.69, 9.17) is 44.3 Å². The molecule has 9 nitrogen and oxygen atoms in total. The summed E-state index contributed by atoms with van der Waals surface area (Å²) in [4.78, 5) is 65.4. The summed E-state index contributed by atoms with van der Waals surface area (Å²) >= 11 is 18.0.